The molecule has 0 saturated carbocycles. The van der Waals surface area contributed by atoms with Crippen molar-refractivity contribution in [2.75, 3.05) is 11.9 Å². The van der Waals surface area contributed by atoms with Gasteiger partial charge in [0.1, 0.15) is 4.99 Å². The lowest BCUT2D eigenvalue weighted by Gasteiger charge is -2.10. The van der Waals surface area contributed by atoms with Crippen molar-refractivity contribution >= 4 is 44.8 Å². The zero-order chi connectivity index (χ0) is 14.5. The number of benzene rings is 1. The van der Waals surface area contributed by atoms with E-state index in [9.17, 15) is 4.79 Å². The maximum Gasteiger partial charge on any atom is 0.340 e. The lowest BCUT2D eigenvalue weighted by Crippen LogP contribution is -2.14. The number of hydrogen-bond donors (Lipinski definition) is 1. The third-order valence-electron chi connectivity index (χ3n) is 2.47. The van der Waals surface area contributed by atoms with E-state index in [2.05, 4.69) is 21.2 Å². The molecule has 0 fully saturated rings. The summed E-state index contributed by atoms with van der Waals surface area (Å²) in [6.45, 7) is 2.09. The lowest BCUT2D eigenvalue weighted by molar-refractivity contribution is 0.0527. The first-order valence-corrected chi connectivity index (χ1v) is 7.14. The Labute approximate surface area is 130 Å². The van der Waals surface area contributed by atoms with Gasteiger partial charge in [0.2, 0.25) is 0 Å². The summed E-state index contributed by atoms with van der Waals surface area (Å²) >= 11 is 8.46. The van der Waals surface area contributed by atoms with E-state index in [-0.39, 0.29) is 5.97 Å². The molecule has 0 amide bonds. The molecule has 0 bridgehead atoms. The molecule has 2 aromatic rings. The number of furan rings is 1. The van der Waals surface area contributed by atoms with Gasteiger partial charge in [-0.15, -0.1) is 0 Å². The van der Waals surface area contributed by atoms with Gasteiger partial charge in [-0.1, -0.05) is 24.4 Å². The minimum absolute atomic E-state index is 0.322. The van der Waals surface area contributed by atoms with Gasteiger partial charge in [0.05, 0.1) is 17.9 Å². The predicted octanol–water partition coefficient (Wildman–Crippen LogP) is 4.01. The molecule has 2 rings (SSSR count). The molecule has 0 radical (unpaired) electrons. The molecule has 104 valence electrons. The highest BCUT2D eigenvalue weighted by Gasteiger charge is 2.14. The van der Waals surface area contributed by atoms with Crippen LogP contribution in [0.2, 0.25) is 0 Å². The fourth-order valence-corrected chi connectivity index (χ4v) is 2.13. The van der Waals surface area contributed by atoms with Crippen LogP contribution in [0.3, 0.4) is 0 Å². The molecule has 4 nitrogen and oxygen atoms in total. The molecule has 0 spiro atoms. The molecule has 0 aliphatic carbocycles. The number of thiocarbonyl (C=S) groups is 1. The van der Waals surface area contributed by atoms with Crippen LogP contribution < -0.4 is 5.32 Å². The summed E-state index contributed by atoms with van der Waals surface area (Å²) in [4.78, 5) is 12.2. The summed E-state index contributed by atoms with van der Waals surface area (Å²) < 4.78 is 11.0. The van der Waals surface area contributed by atoms with E-state index in [1.807, 2.05) is 6.07 Å². The monoisotopic (exact) mass is 353 g/mol. The van der Waals surface area contributed by atoms with Crippen LogP contribution >= 0.6 is 28.1 Å². The Morgan fingerprint density at radius 1 is 1.35 bits per heavy atom. The summed E-state index contributed by atoms with van der Waals surface area (Å²) in [6, 6.07) is 10.5. The Morgan fingerprint density at radius 3 is 2.75 bits per heavy atom. The van der Waals surface area contributed by atoms with Crippen LogP contribution in [0.1, 0.15) is 23.0 Å². The summed E-state index contributed by atoms with van der Waals surface area (Å²) in [6.07, 6.45) is 0. The van der Waals surface area contributed by atoms with Crippen molar-refractivity contribution < 1.29 is 13.9 Å². The number of hydrogen-bond acceptors (Lipinski definition) is 4. The fraction of sp³-hybridized carbons (Fsp3) is 0.143. The average Bonchev–Trinajstić information content (AvgIpc) is 2.86. The van der Waals surface area contributed by atoms with Gasteiger partial charge in [-0.25, -0.2) is 4.79 Å². The third-order valence-corrected chi connectivity index (χ3v) is 3.20. The maximum atomic E-state index is 11.9. The Hall–Kier alpha value is -1.66. The largest absolute Gasteiger partial charge is 0.462 e. The lowest BCUT2D eigenvalue weighted by atomic mass is 10.2. The first kappa shape index (κ1) is 14.7. The molecule has 0 unspecified atom stereocenters. The van der Waals surface area contributed by atoms with Gasteiger partial charge in [0.15, 0.2) is 10.4 Å². The van der Waals surface area contributed by atoms with Crippen molar-refractivity contribution in [2.24, 2.45) is 0 Å². The second-order valence-corrected chi connectivity index (χ2v) is 5.01. The van der Waals surface area contributed by atoms with E-state index >= 15 is 0 Å². The van der Waals surface area contributed by atoms with Crippen molar-refractivity contribution in [3.8, 4) is 0 Å². The first-order chi connectivity index (χ1) is 9.61. The number of halogens is 1. The Bertz CT molecular complexity index is 639. The van der Waals surface area contributed by atoms with Gasteiger partial charge < -0.3 is 14.5 Å². The summed E-state index contributed by atoms with van der Waals surface area (Å²) in [5.74, 6) is 0.129. The zero-order valence-corrected chi connectivity index (χ0v) is 13.1. The highest BCUT2D eigenvalue weighted by Crippen LogP contribution is 2.20. The van der Waals surface area contributed by atoms with Crippen molar-refractivity contribution in [3.63, 3.8) is 0 Å². The van der Waals surface area contributed by atoms with Gasteiger partial charge in [0.25, 0.3) is 0 Å². The van der Waals surface area contributed by atoms with Crippen molar-refractivity contribution in [1.82, 2.24) is 0 Å². The summed E-state index contributed by atoms with van der Waals surface area (Å²) in [7, 11) is 0. The quantitative estimate of drug-likeness (QED) is 0.664. The Kier molecular flexibility index (Phi) is 4.92. The summed E-state index contributed by atoms with van der Waals surface area (Å²) in [5, 5.41) is 3.00. The number of rotatable bonds is 4. The van der Waals surface area contributed by atoms with E-state index in [0.717, 1.165) is 0 Å². The van der Waals surface area contributed by atoms with Crippen LogP contribution in [0.4, 0.5) is 5.69 Å². The Morgan fingerprint density at radius 2 is 2.10 bits per heavy atom. The van der Waals surface area contributed by atoms with E-state index in [1.165, 1.54) is 0 Å². The number of nitrogens with one attached hydrogen (secondary N) is 1. The van der Waals surface area contributed by atoms with Gasteiger partial charge in [-0.3, -0.25) is 0 Å². The highest BCUT2D eigenvalue weighted by atomic mass is 79.9. The molecular weight excluding hydrogens is 342 g/mol. The maximum absolute atomic E-state index is 11.9. The van der Waals surface area contributed by atoms with Crippen molar-refractivity contribution in [2.45, 2.75) is 6.92 Å². The Balaban J connectivity index is 2.21. The number of ether oxygens (including phenoxy) is 1. The molecule has 20 heavy (non-hydrogen) atoms. The molecule has 0 saturated heterocycles. The van der Waals surface area contributed by atoms with Crippen LogP contribution in [0, 0.1) is 0 Å². The van der Waals surface area contributed by atoms with E-state index in [4.69, 9.17) is 21.4 Å². The van der Waals surface area contributed by atoms with Crippen LogP contribution in [0.15, 0.2) is 45.5 Å². The number of esters is 1. The van der Waals surface area contributed by atoms with Crippen LogP contribution in [0.25, 0.3) is 0 Å². The van der Waals surface area contributed by atoms with Gasteiger partial charge in [-0.2, -0.15) is 0 Å². The number of carbonyl (C=O) groups is 1. The van der Waals surface area contributed by atoms with E-state index in [0.29, 0.717) is 33.3 Å². The predicted molar refractivity (Wildman–Crippen MR) is 84.1 cm³/mol. The van der Waals surface area contributed by atoms with E-state index < -0.39 is 0 Å². The van der Waals surface area contributed by atoms with E-state index in [1.54, 1.807) is 37.3 Å². The second kappa shape index (κ2) is 6.67. The standard InChI is InChI=1S/C14H12BrNO3S/c1-2-18-14(17)9-5-3-4-6-10(9)16-13(20)11-7-8-12(15)19-11/h3-8H,2H2,1H3,(H,16,20). The smallest absolute Gasteiger partial charge is 0.340 e. The van der Waals surface area contributed by atoms with Gasteiger partial charge in [-0.05, 0) is 47.1 Å². The first-order valence-electron chi connectivity index (χ1n) is 5.94. The molecular formula is C14H12BrNO3S. The number of para-hydroxylation sites is 1. The fourth-order valence-electron chi connectivity index (χ4n) is 1.60. The second-order valence-electron chi connectivity index (χ2n) is 3.82. The topological polar surface area (TPSA) is 51.5 Å². The minimum atomic E-state index is -0.390. The highest BCUT2D eigenvalue weighted by molar-refractivity contribution is 9.10. The van der Waals surface area contributed by atoms with Crippen LogP contribution in [-0.2, 0) is 4.74 Å². The van der Waals surface area contributed by atoms with Gasteiger partial charge in [0, 0.05) is 0 Å². The third kappa shape index (κ3) is 3.46. The number of anilines is 1. The molecule has 1 N–H and O–H groups in total. The SMILES string of the molecule is CCOC(=O)c1ccccc1NC(=S)c1ccc(Br)o1. The normalized spacial score (nSPS) is 10.1. The number of carbonyl (C=O) groups excluding carboxylic acids is 1. The molecule has 6 heteroatoms. The van der Waals surface area contributed by atoms with Crippen molar-refractivity contribution in [3.05, 3.63) is 52.4 Å². The molecule has 0 atom stereocenters. The van der Waals surface area contributed by atoms with Crippen molar-refractivity contribution in [1.29, 1.82) is 0 Å². The van der Waals surface area contributed by atoms with Crippen LogP contribution in [-0.4, -0.2) is 17.6 Å². The molecule has 1 heterocycles. The summed E-state index contributed by atoms with van der Waals surface area (Å²) in [5.41, 5.74) is 1.02. The molecule has 1 aromatic carbocycles. The van der Waals surface area contributed by atoms with Gasteiger partial charge >= 0.3 is 5.97 Å². The zero-order valence-electron chi connectivity index (χ0n) is 10.7. The molecule has 0 aliphatic heterocycles. The average molecular weight is 354 g/mol. The minimum Gasteiger partial charge on any atom is -0.462 e. The molecule has 1 aromatic heterocycles. The molecule has 0 aliphatic rings. The van der Waals surface area contributed by atoms with Crippen LogP contribution in [0.5, 0.6) is 0 Å².